The van der Waals surface area contributed by atoms with Crippen LogP contribution in [0.15, 0.2) is 18.5 Å². The predicted molar refractivity (Wildman–Crippen MR) is 69.7 cm³/mol. The van der Waals surface area contributed by atoms with Crippen LogP contribution in [0.3, 0.4) is 0 Å². The molecule has 2 heterocycles. The number of carbonyl (C=O) groups is 1. The van der Waals surface area contributed by atoms with Crippen LogP contribution in [0.5, 0.6) is 0 Å². The molecule has 0 atom stereocenters. The number of aromatic nitrogens is 2. The highest BCUT2D eigenvalue weighted by atomic mass is 19.4. The summed E-state index contributed by atoms with van der Waals surface area (Å²) in [6.07, 6.45) is -1.07. The van der Waals surface area contributed by atoms with Gasteiger partial charge in [-0.1, -0.05) is 0 Å². The molecule has 1 N–H and O–H groups in total. The van der Waals surface area contributed by atoms with E-state index in [1.54, 1.807) is 18.5 Å². The molecule has 0 bridgehead atoms. The van der Waals surface area contributed by atoms with E-state index in [4.69, 9.17) is 0 Å². The zero-order valence-electron chi connectivity index (χ0n) is 11.3. The summed E-state index contributed by atoms with van der Waals surface area (Å²) in [6.45, 7) is 1.12. The van der Waals surface area contributed by atoms with E-state index >= 15 is 0 Å². The number of amides is 1. The first-order valence-electron chi connectivity index (χ1n) is 6.52. The molecule has 0 radical (unpaired) electrons. The Morgan fingerprint density at radius 3 is 2.38 bits per heavy atom. The maximum absolute atomic E-state index is 12.0. The number of piperazine rings is 1. The molecule has 9 heteroatoms. The Bertz CT molecular complexity index is 460. The first-order valence-corrected chi connectivity index (χ1v) is 6.52. The van der Waals surface area contributed by atoms with Crippen molar-refractivity contribution >= 4 is 11.9 Å². The Kier molecular flexibility index (Phi) is 4.94. The number of alkyl halides is 3. The van der Waals surface area contributed by atoms with Crippen LogP contribution in [-0.2, 0) is 4.79 Å². The van der Waals surface area contributed by atoms with Crippen LogP contribution in [0, 0.1) is 0 Å². The van der Waals surface area contributed by atoms with Crippen LogP contribution in [0.4, 0.5) is 19.1 Å². The average molecular weight is 303 g/mol. The van der Waals surface area contributed by atoms with Crippen molar-refractivity contribution in [1.82, 2.24) is 20.2 Å². The standard InChI is InChI=1S/C12H16F3N5O/c13-12(14,15)9-18-10(21)8-19-4-6-20(7-5-19)11-16-2-1-3-17-11/h1-3H,4-9H2,(H,18,21). The third kappa shape index (κ3) is 5.18. The minimum Gasteiger partial charge on any atom is -0.346 e. The number of nitrogens with zero attached hydrogens (tertiary/aromatic N) is 4. The summed E-state index contributed by atoms with van der Waals surface area (Å²) in [5.41, 5.74) is 0. The first-order chi connectivity index (χ1) is 9.94. The van der Waals surface area contributed by atoms with Crippen LogP contribution in [0.25, 0.3) is 0 Å². The summed E-state index contributed by atoms with van der Waals surface area (Å²) < 4.78 is 36.0. The molecule has 1 aromatic rings. The minimum atomic E-state index is -4.38. The molecular weight excluding hydrogens is 287 g/mol. The van der Waals surface area contributed by atoms with E-state index in [1.807, 2.05) is 15.1 Å². The monoisotopic (exact) mass is 303 g/mol. The third-order valence-corrected chi connectivity index (χ3v) is 3.06. The van der Waals surface area contributed by atoms with E-state index < -0.39 is 18.6 Å². The highest BCUT2D eigenvalue weighted by molar-refractivity contribution is 5.78. The maximum atomic E-state index is 12.0. The average Bonchev–Trinajstić information content (AvgIpc) is 2.46. The van der Waals surface area contributed by atoms with E-state index in [2.05, 4.69) is 9.97 Å². The molecular formula is C12H16F3N5O. The Balaban J connectivity index is 1.73. The zero-order valence-corrected chi connectivity index (χ0v) is 11.3. The molecule has 1 saturated heterocycles. The van der Waals surface area contributed by atoms with Crippen molar-refractivity contribution in [2.45, 2.75) is 6.18 Å². The van der Waals surface area contributed by atoms with Crippen LogP contribution >= 0.6 is 0 Å². The molecule has 1 aliphatic rings. The van der Waals surface area contributed by atoms with Crippen molar-refractivity contribution in [2.24, 2.45) is 0 Å². The molecule has 6 nitrogen and oxygen atoms in total. The van der Waals surface area contributed by atoms with Crippen LogP contribution in [-0.4, -0.2) is 66.2 Å². The van der Waals surface area contributed by atoms with E-state index in [1.165, 1.54) is 0 Å². The molecule has 1 aromatic heterocycles. The number of hydrogen-bond acceptors (Lipinski definition) is 5. The van der Waals surface area contributed by atoms with Gasteiger partial charge in [0.25, 0.3) is 0 Å². The van der Waals surface area contributed by atoms with Gasteiger partial charge in [-0.25, -0.2) is 9.97 Å². The number of halogens is 3. The molecule has 1 aliphatic heterocycles. The van der Waals surface area contributed by atoms with Crippen molar-refractivity contribution in [1.29, 1.82) is 0 Å². The van der Waals surface area contributed by atoms with Crippen LogP contribution in [0.2, 0.25) is 0 Å². The second kappa shape index (κ2) is 6.70. The molecule has 0 aliphatic carbocycles. The molecule has 0 saturated carbocycles. The Morgan fingerprint density at radius 1 is 1.19 bits per heavy atom. The second-order valence-electron chi connectivity index (χ2n) is 4.70. The predicted octanol–water partition coefficient (Wildman–Crippen LogP) is 0.277. The summed E-state index contributed by atoms with van der Waals surface area (Å²) in [7, 11) is 0. The molecule has 0 spiro atoms. The van der Waals surface area contributed by atoms with Gasteiger partial charge in [-0.15, -0.1) is 0 Å². The summed E-state index contributed by atoms with van der Waals surface area (Å²) in [5.74, 6) is 0.00964. The second-order valence-corrected chi connectivity index (χ2v) is 4.70. The van der Waals surface area contributed by atoms with Crippen molar-refractivity contribution in [3.63, 3.8) is 0 Å². The largest absolute Gasteiger partial charge is 0.405 e. The number of anilines is 1. The van der Waals surface area contributed by atoms with Gasteiger partial charge in [0.15, 0.2) is 0 Å². The van der Waals surface area contributed by atoms with Gasteiger partial charge >= 0.3 is 6.18 Å². The molecule has 1 amide bonds. The van der Waals surface area contributed by atoms with Gasteiger partial charge in [0.2, 0.25) is 11.9 Å². The van der Waals surface area contributed by atoms with Crippen molar-refractivity contribution in [3.8, 4) is 0 Å². The normalized spacial score (nSPS) is 16.8. The third-order valence-electron chi connectivity index (χ3n) is 3.06. The van der Waals surface area contributed by atoms with E-state index in [9.17, 15) is 18.0 Å². The lowest BCUT2D eigenvalue weighted by molar-refractivity contribution is -0.139. The van der Waals surface area contributed by atoms with Crippen molar-refractivity contribution < 1.29 is 18.0 Å². The van der Waals surface area contributed by atoms with Crippen molar-refractivity contribution in [2.75, 3.05) is 44.2 Å². The van der Waals surface area contributed by atoms with Gasteiger partial charge in [-0.2, -0.15) is 13.2 Å². The van der Waals surface area contributed by atoms with E-state index in [0.29, 0.717) is 32.1 Å². The SMILES string of the molecule is O=C(CN1CCN(c2ncccn2)CC1)NCC(F)(F)F. The fraction of sp³-hybridized carbons (Fsp3) is 0.583. The number of carbonyl (C=O) groups excluding carboxylic acids is 1. The number of nitrogens with one attached hydrogen (secondary N) is 1. The van der Waals surface area contributed by atoms with Gasteiger partial charge in [-0.3, -0.25) is 9.69 Å². The number of rotatable bonds is 4. The molecule has 21 heavy (non-hydrogen) atoms. The maximum Gasteiger partial charge on any atom is 0.405 e. The lowest BCUT2D eigenvalue weighted by atomic mass is 10.3. The van der Waals surface area contributed by atoms with Gasteiger partial charge in [0, 0.05) is 38.6 Å². The highest BCUT2D eigenvalue weighted by Gasteiger charge is 2.28. The summed E-state index contributed by atoms with van der Waals surface area (Å²) in [4.78, 5) is 23.5. The minimum absolute atomic E-state index is 0.0282. The molecule has 116 valence electrons. The zero-order chi connectivity index (χ0) is 15.3. The van der Waals surface area contributed by atoms with Crippen molar-refractivity contribution in [3.05, 3.63) is 18.5 Å². The van der Waals surface area contributed by atoms with Crippen LogP contribution < -0.4 is 10.2 Å². The lowest BCUT2D eigenvalue weighted by Gasteiger charge is -2.34. The molecule has 2 rings (SSSR count). The highest BCUT2D eigenvalue weighted by Crippen LogP contribution is 2.12. The molecule has 1 fully saturated rings. The summed E-state index contributed by atoms with van der Waals surface area (Å²) >= 11 is 0. The van der Waals surface area contributed by atoms with Crippen LogP contribution in [0.1, 0.15) is 0 Å². The lowest BCUT2D eigenvalue weighted by Crippen LogP contribution is -2.50. The van der Waals surface area contributed by atoms with Gasteiger partial charge < -0.3 is 10.2 Å². The van der Waals surface area contributed by atoms with Gasteiger partial charge in [-0.05, 0) is 6.07 Å². The van der Waals surface area contributed by atoms with E-state index in [-0.39, 0.29) is 6.54 Å². The van der Waals surface area contributed by atoms with Gasteiger partial charge in [0.05, 0.1) is 6.54 Å². The Morgan fingerprint density at radius 2 is 1.81 bits per heavy atom. The molecule has 0 aromatic carbocycles. The summed E-state index contributed by atoms with van der Waals surface area (Å²) in [5, 5.41) is 1.87. The first kappa shape index (κ1) is 15.5. The molecule has 0 unspecified atom stereocenters. The summed E-state index contributed by atoms with van der Waals surface area (Å²) in [6, 6.07) is 1.73. The van der Waals surface area contributed by atoms with E-state index in [0.717, 1.165) is 0 Å². The fourth-order valence-electron chi connectivity index (χ4n) is 2.02. The smallest absolute Gasteiger partial charge is 0.346 e. The number of hydrogen-bond donors (Lipinski definition) is 1. The fourth-order valence-corrected chi connectivity index (χ4v) is 2.02. The topological polar surface area (TPSA) is 61.4 Å². The Labute approximate surface area is 120 Å². The van der Waals surface area contributed by atoms with Gasteiger partial charge in [0.1, 0.15) is 6.54 Å². The quantitative estimate of drug-likeness (QED) is 0.865. The Hall–Kier alpha value is -1.90.